The molecular formula is C14H17N5O4. The largest absolute Gasteiger partial charge is 0.381 e. The zero-order valence-corrected chi connectivity index (χ0v) is 12.5. The highest BCUT2D eigenvalue weighted by Gasteiger charge is 2.36. The summed E-state index contributed by atoms with van der Waals surface area (Å²) in [6, 6.07) is 4.99. The molecule has 3 heterocycles. The third-order valence-corrected chi connectivity index (χ3v) is 3.92. The molecule has 2 aliphatic rings. The van der Waals surface area contributed by atoms with E-state index in [2.05, 4.69) is 10.1 Å². The number of nitrogens with zero attached hydrogens (tertiary/aromatic N) is 5. The van der Waals surface area contributed by atoms with Gasteiger partial charge in [-0.2, -0.15) is 0 Å². The molecule has 1 unspecified atom stereocenters. The molecule has 0 aliphatic carbocycles. The van der Waals surface area contributed by atoms with Crippen molar-refractivity contribution >= 4 is 11.9 Å². The van der Waals surface area contributed by atoms with Crippen LogP contribution in [0.3, 0.4) is 0 Å². The summed E-state index contributed by atoms with van der Waals surface area (Å²) in [5, 5.41) is 13.5. The summed E-state index contributed by atoms with van der Waals surface area (Å²) in [4.78, 5) is 30.5. The molecule has 9 heteroatoms. The number of carbonyl (C=O) groups excluding carboxylic acids is 1. The minimum absolute atomic E-state index is 0.0811. The van der Waals surface area contributed by atoms with E-state index in [1.165, 1.54) is 11.1 Å². The first-order valence-corrected chi connectivity index (χ1v) is 7.43. The summed E-state index contributed by atoms with van der Waals surface area (Å²) < 4.78 is 5.34. The molecule has 1 aromatic rings. The molecule has 9 nitrogen and oxygen atoms in total. The summed E-state index contributed by atoms with van der Waals surface area (Å²) >= 11 is 0. The van der Waals surface area contributed by atoms with Gasteiger partial charge in [-0.15, -0.1) is 0 Å². The van der Waals surface area contributed by atoms with Gasteiger partial charge in [-0.25, -0.2) is 10.1 Å². The van der Waals surface area contributed by atoms with Crippen LogP contribution in [0.4, 0.5) is 0 Å². The maximum Gasteiger partial charge on any atom is 0.281 e. The number of hydrogen-bond donors (Lipinski definition) is 0. The zero-order valence-electron chi connectivity index (χ0n) is 12.5. The maximum atomic E-state index is 12.5. The van der Waals surface area contributed by atoms with Crippen molar-refractivity contribution in [2.45, 2.75) is 6.42 Å². The SMILES string of the molecule is O=C(c1ccccn1)N1CCN(CC2CCOC2)C1=N[N+](=O)[O-]. The Morgan fingerprint density at radius 2 is 2.35 bits per heavy atom. The van der Waals surface area contributed by atoms with Gasteiger partial charge in [0.15, 0.2) is 5.03 Å². The van der Waals surface area contributed by atoms with Crippen LogP contribution in [0.15, 0.2) is 29.5 Å². The van der Waals surface area contributed by atoms with Gasteiger partial charge >= 0.3 is 0 Å². The van der Waals surface area contributed by atoms with E-state index in [1.807, 2.05) is 0 Å². The van der Waals surface area contributed by atoms with Gasteiger partial charge in [-0.1, -0.05) is 6.07 Å². The third kappa shape index (κ3) is 3.45. The van der Waals surface area contributed by atoms with Crippen molar-refractivity contribution < 1.29 is 14.6 Å². The summed E-state index contributed by atoms with van der Waals surface area (Å²) in [6.45, 7) is 2.81. The highest BCUT2D eigenvalue weighted by molar-refractivity contribution is 6.05. The fourth-order valence-electron chi connectivity index (χ4n) is 2.81. The average Bonchev–Trinajstić information content (AvgIpc) is 3.18. The molecule has 1 aromatic heterocycles. The molecule has 3 rings (SSSR count). The van der Waals surface area contributed by atoms with Crippen molar-refractivity contribution in [1.29, 1.82) is 0 Å². The number of carbonyl (C=O) groups is 1. The fourth-order valence-corrected chi connectivity index (χ4v) is 2.81. The minimum atomic E-state index is -0.766. The van der Waals surface area contributed by atoms with Crippen LogP contribution in [-0.4, -0.2) is 64.5 Å². The van der Waals surface area contributed by atoms with E-state index >= 15 is 0 Å². The highest BCUT2D eigenvalue weighted by atomic mass is 16.7. The Bertz CT molecular complexity index is 615. The van der Waals surface area contributed by atoms with E-state index in [4.69, 9.17) is 4.74 Å². The second-order valence-corrected chi connectivity index (χ2v) is 5.49. The highest BCUT2D eigenvalue weighted by Crippen LogP contribution is 2.19. The number of hydrazone groups is 1. The molecule has 2 saturated heterocycles. The smallest absolute Gasteiger partial charge is 0.281 e. The van der Waals surface area contributed by atoms with E-state index in [0.29, 0.717) is 38.8 Å². The number of hydrogen-bond acceptors (Lipinski definition) is 5. The third-order valence-electron chi connectivity index (χ3n) is 3.92. The average molecular weight is 319 g/mol. The lowest BCUT2D eigenvalue weighted by atomic mass is 10.1. The lowest BCUT2D eigenvalue weighted by molar-refractivity contribution is -0.486. The van der Waals surface area contributed by atoms with Gasteiger partial charge in [0.2, 0.25) is 0 Å². The minimum Gasteiger partial charge on any atom is -0.381 e. The van der Waals surface area contributed by atoms with Crippen molar-refractivity contribution in [3.05, 3.63) is 40.2 Å². The van der Waals surface area contributed by atoms with Gasteiger partial charge in [0.25, 0.3) is 11.9 Å². The Kier molecular flexibility index (Phi) is 4.47. The quantitative estimate of drug-likeness (QED) is 0.589. The maximum absolute atomic E-state index is 12.5. The van der Waals surface area contributed by atoms with E-state index < -0.39 is 5.03 Å². The summed E-state index contributed by atoms with van der Waals surface area (Å²) in [6.07, 6.45) is 2.43. The molecule has 1 amide bonds. The molecule has 122 valence electrons. The van der Waals surface area contributed by atoms with E-state index in [0.717, 1.165) is 6.42 Å². The lowest BCUT2D eigenvalue weighted by Gasteiger charge is -2.21. The predicted octanol–water partition coefficient (Wildman–Crippen LogP) is 0.424. The number of amides is 1. The van der Waals surface area contributed by atoms with Crippen molar-refractivity contribution in [2.75, 3.05) is 32.8 Å². The number of nitro groups is 1. The second-order valence-electron chi connectivity index (χ2n) is 5.49. The van der Waals surface area contributed by atoms with Crippen LogP contribution in [-0.2, 0) is 4.74 Å². The Balaban J connectivity index is 1.79. The van der Waals surface area contributed by atoms with Crippen LogP contribution in [0.25, 0.3) is 0 Å². The first-order chi connectivity index (χ1) is 11.1. The van der Waals surface area contributed by atoms with Gasteiger partial charge in [-0.3, -0.25) is 14.7 Å². The number of rotatable bonds is 4. The topological polar surface area (TPSA) is 101 Å². The number of pyridine rings is 1. The number of ether oxygens (including phenoxy) is 1. The molecule has 0 N–H and O–H groups in total. The van der Waals surface area contributed by atoms with Crippen LogP contribution < -0.4 is 0 Å². The van der Waals surface area contributed by atoms with Crippen molar-refractivity contribution in [2.24, 2.45) is 11.0 Å². The molecule has 23 heavy (non-hydrogen) atoms. The standard InChI is InChI=1S/C14H17N5O4/c20-13(12-3-1-2-5-15-12)18-7-6-17(14(18)16-19(21)22)9-11-4-8-23-10-11/h1-3,5,11H,4,6-10H2. The number of aromatic nitrogens is 1. The molecular weight excluding hydrogens is 302 g/mol. The van der Waals surface area contributed by atoms with Gasteiger partial charge in [0, 0.05) is 38.4 Å². The van der Waals surface area contributed by atoms with Gasteiger partial charge in [-0.05, 0) is 18.6 Å². The Hall–Kier alpha value is -2.55. The Morgan fingerprint density at radius 3 is 3.00 bits per heavy atom. The molecule has 0 aromatic carbocycles. The zero-order chi connectivity index (χ0) is 16.2. The lowest BCUT2D eigenvalue weighted by Crippen LogP contribution is -2.40. The van der Waals surface area contributed by atoms with Gasteiger partial charge in [0.1, 0.15) is 10.8 Å². The molecule has 2 fully saturated rings. The van der Waals surface area contributed by atoms with Crippen LogP contribution in [0, 0.1) is 16.0 Å². The van der Waals surface area contributed by atoms with Crippen LogP contribution in [0.5, 0.6) is 0 Å². The monoisotopic (exact) mass is 319 g/mol. The van der Waals surface area contributed by atoms with E-state index in [9.17, 15) is 14.9 Å². The Labute approximate surface area is 132 Å². The van der Waals surface area contributed by atoms with Crippen LogP contribution >= 0.6 is 0 Å². The van der Waals surface area contributed by atoms with Crippen LogP contribution in [0.1, 0.15) is 16.9 Å². The van der Waals surface area contributed by atoms with Crippen molar-refractivity contribution in [3.63, 3.8) is 0 Å². The van der Waals surface area contributed by atoms with Gasteiger partial charge < -0.3 is 9.64 Å². The van der Waals surface area contributed by atoms with Crippen molar-refractivity contribution in [1.82, 2.24) is 14.8 Å². The number of guanidine groups is 1. The first-order valence-electron chi connectivity index (χ1n) is 7.43. The van der Waals surface area contributed by atoms with Crippen molar-refractivity contribution in [3.8, 4) is 0 Å². The molecule has 0 bridgehead atoms. The second kappa shape index (κ2) is 6.69. The summed E-state index contributed by atoms with van der Waals surface area (Å²) in [5.74, 6) is 0.00535. The predicted molar refractivity (Wildman–Crippen MR) is 80.2 cm³/mol. The molecule has 0 radical (unpaired) electrons. The summed E-state index contributed by atoms with van der Waals surface area (Å²) in [5.41, 5.74) is 0.245. The summed E-state index contributed by atoms with van der Waals surface area (Å²) in [7, 11) is 0. The normalized spacial score (nSPS) is 22.8. The van der Waals surface area contributed by atoms with Crippen LogP contribution in [0.2, 0.25) is 0 Å². The van der Waals surface area contributed by atoms with Gasteiger partial charge in [0.05, 0.1) is 6.61 Å². The molecule has 1 atom stereocenters. The molecule has 2 aliphatic heterocycles. The Morgan fingerprint density at radius 1 is 1.48 bits per heavy atom. The molecule has 0 saturated carbocycles. The van der Waals surface area contributed by atoms with E-state index in [1.54, 1.807) is 23.1 Å². The molecule has 0 spiro atoms. The van der Waals surface area contributed by atoms with E-state index in [-0.39, 0.29) is 17.6 Å². The first kappa shape index (κ1) is 15.3. The fraction of sp³-hybridized carbons (Fsp3) is 0.500.